The Morgan fingerprint density at radius 1 is 0.648 bits per heavy atom. The topological polar surface area (TPSA) is 362 Å². The number of hydrogen-bond acceptors (Lipinski definition) is 28. The van der Waals surface area contributed by atoms with Crippen molar-refractivity contribution < 1.29 is 72.0 Å². The highest BCUT2D eigenvalue weighted by Crippen LogP contribution is 2.23. The number of aliphatic hydroxyl groups excluding tert-OH is 2. The largest absolute Gasteiger partial charge is 0.444 e. The highest BCUT2D eigenvalue weighted by molar-refractivity contribution is 8.77. The van der Waals surface area contributed by atoms with Crippen molar-refractivity contribution in [3.63, 3.8) is 0 Å². The van der Waals surface area contributed by atoms with E-state index >= 15 is 0 Å². The second kappa shape index (κ2) is 48.5. The first-order valence-corrected chi connectivity index (χ1v) is 34.8. The van der Waals surface area contributed by atoms with E-state index in [1.165, 1.54) is 5.01 Å². The molecule has 91 heavy (non-hydrogen) atoms. The zero-order valence-electron chi connectivity index (χ0n) is 52.7. The molecule has 5 rings (SSSR count). The van der Waals surface area contributed by atoms with E-state index in [0.29, 0.717) is 139 Å². The van der Waals surface area contributed by atoms with Gasteiger partial charge >= 0.3 is 12.1 Å². The van der Waals surface area contributed by atoms with Gasteiger partial charge in [0.2, 0.25) is 0 Å². The number of aldehydes is 1. The van der Waals surface area contributed by atoms with Gasteiger partial charge in [0.15, 0.2) is 6.29 Å². The van der Waals surface area contributed by atoms with Crippen molar-refractivity contribution in [3.8, 4) is 0 Å². The predicted octanol–water partition coefficient (Wildman–Crippen LogP) is 3.43. The quantitative estimate of drug-likeness (QED) is 0.00690. The molecule has 29 nitrogen and oxygen atoms in total. The predicted molar refractivity (Wildman–Crippen MR) is 354 cm³/mol. The van der Waals surface area contributed by atoms with Gasteiger partial charge < -0.3 is 89.6 Å². The van der Waals surface area contributed by atoms with Crippen LogP contribution in [0.2, 0.25) is 0 Å². The molecule has 0 saturated heterocycles. The summed E-state index contributed by atoms with van der Waals surface area (Å²) in [5.74, 6) is 8.92. The summed E-state index contributed by atoms with van der Waals surface area (Å²) in [5.41, 5.74) is 8.30. The van der Waals surface area contributed by atoms with Gasteiger partial charge in [0.25, 0.3) is 0 Å². The van der Waals surface area contributed by atoms with Crippen LogP contribution in [0, 0.1) is 0 Å². The number of likely N-dealkylation sites (N-methyl/N-ethyl adjacent to an activating group) is 1. The molecule has 0 radical (unpaired) electrons. The van der Waals surface area contributed by atoms with Crippen LogP contribution < -0.4 is 32.8 Å². The molecule has 0 bridgehead atoms. The van der Waals surface area contributed by atoms with Gasteiger partial charge in [-0.1, -0.05) is 83.9 Å². The first kappa shape index (κ1) is 78.3. The van der Waals surface area contributed by atoms with Crippen LogP contribution in [0.4, 0.5) is 9.59 Å². The van der Waals surface area contributed by atoms with E-state index in [-0.39, 0.29) is 66.0 Å². The van der Waals surface area contributed by atoms with Crippen LogP contribution in [-0.4, -0.2) is 255 Å². The van der Waals surface area contributed by atoms with Crippen molar-refractivity contribution in [2.24, 2.45) is 11.6 Å². The van der Waals surface area contributed by atoms with Gasteiger partial charge in [-0.15, -0.1) is 10.2 Å². The number of pyridine rings is 1. The van der Waals surface area contributed by atoms with Crippen molar-refractivity contribution >= 4 is 83.4 Å². The lowest BCUT2D eigenvalue weighted by Crippen LogP contribution is -2.61. The standard InChI is InChI=1S/C44H85N13O14S4.C14H9NO/c1-43(2,3)71-42(61)49-7-15-64-19-23-67-24-20-65-16-8-56-30-39(51-53-56)33-69-36-44(35-68-32-38(45)29-55(46)9-25-72-74-27-11-58,37-70-34-40-31-57(54-52-40)10-26-73-75-28-12-59)50-41(60)48-6-14-63-18-22-66-21-17-62-13-5-47-4;16-9-12-6-3-5-11-8-10-4-1-2-7-13(10)15-14(11)12/h29-31,47,58-59H,5-28,32-37,45-46H2,1-4H3,(H,49,61)(H2,48,50,60);1-9H/b38-29-;. The average molecular weight is 1360 g/mol. The average Bonchev–Trinajstić information content (AvgIpc) is 1.48. The Bertz CT molecular complexity index is 2770. The molecule has 33 heteroatoms. The van der Waals surface area contributed by atoms with Gasteiger partial charge in [-0.2, -0.15) is 0 Å². The number of amides is 3. The molecule has 510 valence electrons. The number of hydrazine groups is 1. The van der Waals surface area contributed by atoms with Gasteiger partial charge in [0, 0.05) is 71.7 Å². The molecular formula is C58H94N14O15S4. The number of para-hydroxylation sites is 2. The second-order valence-corrected chi connectivity index (χ2v) is 26.1. The van der Waals surface area contributed by atoms with E-state index in [9.17, 15) is 14.4 Å². The van der Waals surface area contributed by atoms with Crippen molar-refractivity contribution in [1.82, 2.24) is 61.2 Å². The van der Waals surface area contributed by atoms with Crippen LogP contribution in [-0.2, 0) is 73.7 Å². The molecule has 5 aromatic rings. The molecular weight excluding hydrogens is 1260 g/mol. The molecule has 0 aliphatic heterocycles. The molecule has 1 atom stereocenters. The minimum absolute atomic E-state index is 0.0281. The summed E-state index contributed by atoms with van der Waals surface area (Å²) in [5, 5.41) is 50.1. The molecule has 2 aromatic carbocycles. The lowest BCUT2D eigenvalue weighted by Gasteiger charge is -2.34. The number of ether oxygens (including phenoxy) is 10. The van der Waals surface area contributed by atoms with Crippen LogP contribution in [0.1, 0.15) is 42.5 Å². The monoisotopic (exact) mass is 1350 g/mol. The molecule has 10 N–H and O–H groups in total. The Labute approximate surface area is 548 Å². The normalized spacial score (nSPS) is 12.4. The molecule has 3 heterocycles. The van der Waals surface area contributed by atoms with E-state index < -0.39 is 23.3 Å². The fourth-order valence-corrected chi connectivity index (χ4v) is 11.1. The number of rotatable bonds is 51. The fourth-order valence-electron chi connectivity index (χ4n) is 7.62. The fraction of sp³-hybridized carbons (Fsp3) is 0.621. The minimum atomic E-state index is -1.27. The third-order valence-electron chi connectivity index (χ3n) is 11.7. The molecule has 0 aliphatic rings. The summed E-state index contributed by atoms with van der Waals surface area (Å²) >= 11 is 0. The van der Waals surface area contributed by atoms with E-state index in [4.69, 9.17) is 69.2 Å². The van der Waals surface area contributed by atoms with Crippen molar-refractivity contribution in [1.29, 1.82) is 0 Å². The molecule has 0 aliphatic carbocycles. The maximum absolute atomic E-state index is 13.6. The maximum Gasteiger partial charge on any atom is 0.407 e. The summed E-state index contributed by atoms with van der Waals surface area (Å²) in [6.07, 6.45) is 5.49. The lowest BCUT2D eigenvalue weighted by molar-refractivity contribution is -0.0400. The molecule has 0 fully saturated rings. The van der Waals surface area contributed by atoms with E-state index in [0.717, 1.165) is 40.4 Å². The number of fused-ring (bicyclic) bond motifs is 2. The summed E-state index contributed by atoms with van der Waals surface area (Å²) in [4.78, 5) is 40.7. The van der Waals surface area contributed by atoms with Gasteiger partial charge in [-0.3, -0.25) is 9.48 Å². The van der Waals surface area contributed by atoms with Crippen LogP contribution in [0.15, 0.2) is 72.8 Å². The van der Waals surface area contributed by atoms with Crippen LogP contribution in [0.5, 0.6) is 0 Å². The molecule has 3 aromatic heterocycles. The number of aryl methyl sites for hydroxylation is 1. The Hall–Kier alpha value is -5.18. The number of nitrogens with zero attached hydrogens (tertiary/aromatic N) is 8. The third-order valence-corrected chi connectivity index (χ3v) is 16.5. The summed E-state index contributed by atoms with van der Waals surface area (Å²) in [6, 6.07) is 15.1. The molecule has 3 amide bonds. The number of aliphatic hydroxyl groups is 2. The minimum Gasteiger partial charge on any atom is -0.444 e. The van der Waals surface area contributed by atoms with Crippen LogP contribution in [0.25, 0.3) is 21.8 Å². The van der Waals surface area contributed by atoms with Gasteiger partial charge in [0.1, 0.15) is 22.5 Å². The van der Waals surface area contributed by atoms with Crippen molar-refractivity contribution in [3.05, 3.63) is 89.8 Å². The van der Waals surface area contributed by atoms with Gasteiger partial charge in [-0.05, 0) is 46.0 Å². The third kappa shape index (κ3) is 36.8. The molecule has 0 saturated carbocycles. The van der Waals surface area contributed by atoms with Gasteiger partial charge in [-0.25, -0.2) is 25.1 Å². The molecule has 1 unspecified atom stereocenters. The Kier molecular flexibility index (Phi) is 41.7. The number of hydrogen-bond donors (Lipinski definition) is 8. The lowest BCUT2D eigenvalue weighted by atomic mass is 10.0. The van der Waals surface area contributed by atoms with E-state index in [1.54, 1.807) is 98.0 Å². The number of carbonyl (C=O) groups excluding carboxylic acids is 3. The number of nitrogens with one attached hydrogen (secondary N) is 4. The number of benzene rings is 2. The summed E-state index contributed by atoms with van der Waals surface area (Å²) < 4.78 is 60.6. The number of alkyl carbamates (subject to hydrolysis) is 1. The molecule has 0 spiro atoms. The number of carbonyl (C=O) groups is 3. The highest BCUT2D eigenvalue weighted by Gasteiger charge is 2.34. The SMILES string of the molecule is CNCCOCCOCCOCCNC(=O)NC(COC/C(N)=C/N(N)CCSSCCO)(COCc1cn(CCOCCOCCOCCNC(=O)OC(C)(C)C)nn1)COCc1cn(CCSSCCO)nn1.O=Cc1cccc2cc3ccccc3nc12. The zero-order valence-corrected chi connectivity index (χ0v) is 56.0. The number of urea groups is 1. The Morgan fingerprint density at radius 2 is 1.19 bits per heavy atom. The smallest absolute Gasteiger partial charge is 0.407 e. The second-order valence-electron chi connectivity index (χ2n) is 20.7. The van der Waals surface area contributed by atoms with Gasteiger partial charge in [0.05, 0.1) is 174 Å². The number of nitrogens with two attached hydrogens (primary N) is 2. The zero-order chi connectivity index (χ0) is 65.5. The maximum atomic E-state index is 13.6. The first-order valence-electron chi connectivity index (χ1n) is 29.8. The Balaban J connectivity index is 0.000000938. The van der Waals surface area contributed by atoms with Crippen LogP contribution in [0.3, 0.4) is 0 Å². The number of aromatic nitrogens is 7. The van der Waals surface area contributed by atoms with Crippen LogP contribution >= 0.6 is 43.2 Å². The first-order chi connectivity index (χ1) is 44.2. The van der Waals surface area contributed by atoms with E-state index in [1.807, 2.05) is 43.4 Å². The van der Waals surface area contributed by atoms with E-state index in [2.05, 4.69) is 52.9 Å². The summed E-state index contributed by atoms with van der Waals surface area (Å²) in [6.45, 7) is 13.0. The van der Waals surface area contributed by atoms with Crippen molar-refractivity contribution in [2.45, 2.75) is 58.2 Å². The summed E-state index contributed by atoms with van der Waals surface area (Å²) in [7, 11) is 8.24. The van der Waals surface area contributed by atoms with Crippen molar-refractivity contribution in [2.75, 3.05) is 175 Å². The highest BCUT2D eigenvalue weighted by atomic mass is 33.1. The Morgan fingerprint density at radius 3 is 1.79 bits per heavy atom.